The lowest BCUT2D eigenvalue weighted by molar-refractivity contribution is -0.111. The minimum Gasteiger partial charge on any atom is -0.370 e. The van der Waals surface area contributed by atoms with E-state index in [0.717, 1.165) is 6.08 Å². The van der Waals surface area contributed by atoms with Gasteiger partial charge in [-0.05, 0) is 36.4 Å². The molecule has 2 aromatic rings. The Kier molecular flexibility index (Phi) is 5.88. The summed E-state index contributed by atoms with van der Waals surface area (Å²) in [6.45, 7) is 4.23. The summed E-state index contributed by atoms with van der Waals surface area (Å²) in [6, 6.07) is 11.0. The molecule has 3 rings (SSSR count). The second-order valence-corrected chi connectivity index (χ2v) is 6.43. The number of rotatable bonds is 4. The van der Waals surface area contributed by atoms with E-state index < -0.39 is 11.9 Å². The number of hydrogen-bond donors (Lipinski definition) is 1. The van der Waals surface area contributed by atoms with Gasteiger partial charge in [0.15, 0.2) is 0 Å². The van der Waals surface area contributed by atoms with Crippen LogP contribution in [0.15, 0.2) is 55.1 Å². The Morgan fingerprint density at radius 3 is 2.81 bits per heavy atom. The molecule has 2 amide bonds. The minimum atomic E-state index is -0.639. The SMILES string of the molecule is C=CC(=O)Nc1cccc(C(=O)N2CCOC(c3c(F)cccc3Cl)C2)c1. The Labute approximate surface area is 161 Å². The third kappa shape index (κ3) is 4.35. The summed E-state index contributed by atoms with van der Waals surface area (Å²) >= 11 is 6.12. The fraction of sp³-hybridized carbons (Fsp3) is 0.200. The lowest BCUT2D eigenvalue weighted by atomic mass is 10.1. The van der Waals surface area contributed by atoms with Crippen LogP contribution >= 0.6 is 11.6 Å². The molecule has 2 aromatic carbocycles. The maximum Gasteiger partial charge on any atom is 0.254 e. The molecular formula is C20H18ClFN2O3. The molecule has 0 bridgehead atoms. The van der Waals surface area contributed by atoms with Crippen molar-refractivity contribution in [1.29, 1.82) is 0 Å². The van der Waals surface area contributed by atoms with Crippen molar-refractivity contribution < 1.29 is 18.7 Å². The van der Waals surface area contributed by atoms with E-state index in [1.54, 1.807) is 35.2 Å². The van der Waals surface area contributed by atoms with Gasteiger partial charge in [-0.3, -0.25) is 9.59 Å². The van der Waals surface area contributed by atoms with E-state index in [0.29, 0.717) is 17.8 Å². The maximum absolute atomic E-state index is 14.2. The van der Waals surface area contributed by atoms with Crippen molar-refractivity contribution in [2.45, 2.75) is 6.10 Å². The van der Waals surface area contributed by atoms with Crippen LogP contribution in [0.5, 0.6) is 0 Å². The van der Waals surface area contributed by atoms with Crippen LogP contribution in [-0.4, -0.2) is 36.4 Å². The monoisotopic (exact) mass is 388 g/mol. The number of amides is 2. The molecule has 0 saturated carbocycles. The molecule has 5 nitrogen and oxygen atoms in total. The normalized spacial score (nSPS) is 16.7. The summed E-state index contributed by atoms with van der Waals surface area (Å²) < 4.78 is 19.8. The van der Waals surface area contributed by atoms with Gasteiger partial charge in [0.05, 0.1) is 13.2 Å². The number of benzene rings is 2. The van der Waals surface area contributed by atoms with Gasteiger partial charge >= 0.3 is 0 Å². The average molecular weight is 389 g/mol. The van der Waals surface area contributed by atoms with E-state index in [1.807, 2.05) is 0 Å². The van der Waals surface area contributed by atoms with Crippen molar-refractivity contribution >= 4 is 29.1 Å². The van der Waals surface area contributed by atoms with E-state index in [2.05, 4.69) is 11.9 Å². The van der Waals surface area contributed by atoms with Crippen molar-refractivity contribution in [2.75, 3.05) is 25.0 Å². The largest absolute Gasteiger partial charge is 0.370 e. The van der Waals surface area contributed by atoms with E-state index in [9.17, 15) is 14.0 Å². The number of carbonyl (C=O) groups is 2. The predicted molar refractivity (Wildman–Crippen MR) is 101 cm³/mol. The number of nitrogens with one attached hydrogen (secondary N) is 1. The molecule has 7 heteroatoms. The summed E-state index contributed by atoms with van der Waals surface area (Å²) in [7, 11) is 0. The number of hydrogen-bond acceptors (Lipinski definition) is 3. The van der Waals surface area contributed by atoms with Gasteiger partial charge in [0.2, 0.25) is 5.91 Å². The van der Waals surface area contributed by atoms with Crippen LogP contribution < -0.4 is 5.32 Å². The first-order valence-corrected chi connectivity index (χ1v) is 8.75. The topological polar surface area (TPSA) is 58.6 Å². The van der Waals surface area contributed by atoms with E-state index in [4.69, 9.17) is 16.3 Å². The average Bonchev–Trinajstić information content (AvgIpc) is 2.67. The molecule has 1 N–H and O–H groups in total. The minimum absolute atomic E-state index is 0.183. The summed E-state index contributed by atoms with van der Waals surface area (Å²) in [5.41, 5.74) is 1.16. The molecule has 1 fully saturated rings. The van der Waals surface area contributed by atoms with Crippen LogP contribution in [0.1, 0.15) is 22.0 Å². The van der Waals surface area contributed by atoms with Gasteiger partial charge in [0.25, 0.3) is 5.91 Å². The van der Waals surface area contributed by atoms with Gasteiger partial charge in [-0.1, -0.05) is 30.3 Å². The Hall–Kier alpha value is -2.70. The first-order valence-electron chi connectivity index (χ1n) is 8.38. The van der Waals surface area contributed by atoms with Gasteiger partial charge in [-0.15, -0.1) is 0 Å². The van der Waals surface area contributed by atoms with Crippen molar-refractivity contribution in [3.8, 4) is 0 Å². The number of ether oxygens (including phenoxy) is 1. The molecule has 140 valence electrons. The number of carbonyl (C=O) groups excluding carboxylic acids is 2. The van der Waals surface area contributed by atoms with Crippen molar-refractivity contribution in [3.05, 3.63) is 77.1 Å². The highest BCUT2D eigenvalue weighted by Gasteiger charge is 2.29. The van der Waals surface area contributed by atoms with Gasteiger partial charge in [-0.2, -0.15) is 0 Å². The Balaban J connectivity index is 1.78. The van der Waals surface area contributed by atoms with Crippen molar-refractivity contribution in [2.24, 2.45) is 0 Å². The first kappa shape index (κ1) is 19.1. The quantitative estimate of drug-likeness (QED) is 0.810. The molecule has 1 heterocycles. The highest BCUT2D eigenvalue weighted by atomic mass is 35.5. The van der Waals surface area contributed by atoms with Gasteiger partial charge in [0, 0.05) is 28.4 Å². The summed E-state index contributed by atoms with van der Waals surface area (Å²) in [4.78, 5) is 25.9. The Morgan fingerprint density at radius 1 is 1.30 bits per heavy atom. The highest BCUT2D eigenvalue weighted by molar-refractivity contribution is 6.31. The molecule has 1 unspecified atom stereocenters. The molecule has 1 saturated heterocycles. The second-order valence-electron chi connectivity index (χ2n) is 6.02. The lowest BCUT2D eigenvalue weighted by Crippen LogP contribution is -2.42. The van der Waals surface area contributed by atoms with E-state index >= 15 is 0 Å². The number of halogens is 2. The zero-order chi connectivity index (χ0) is 19.4. The van der Waals surface area contributed by atoms with Crippen LogP contribution in [0.2, 0.25) is 5.02 Å². The summed E-state index contributed by atoms with van der Waals surface area (Å²) in [5, 5.41) is 2.89. The van der Waals surface area contributed by atoms with Crippen LogP contribution in [0.3, 0.4) is 0 Å². The smallest absolute Gasteiger partial charge is 0.254 e. The van der Waals surface area contributed by atoms with E-state index in [-0.39, 0.29) is 35.6 Å². The zero-order valence-electron chi connectivity index (χ0n) is 14.5. The van der Waals surface area contributed by atoms with Gasteiger partial charge < -0.3 is 15.0 Å². The third-order valence-corrected chi connectivity index (χ3v) is 4.57. The molecule has 27 heavy (non-hydrogen) atoms. The van der Waals surface area contributed by atoms with Crippen LogP contribution in [0, 0.1) is 5.82 Å². The fourth-order valence-corrected chi connectivity index (χ4v) is 3.22. The van der Waals surface area contributed by atoms with Gasteiger partial charge in [0.1, 0.15) is 11.9 Å². The first-order chi connectivity index (χ1) is 13.0. The molecule has 1 aliphatic rings. The fourth-order valence-electron chi connectivity index (χ4n) is 2.93. The van der Waals surface area contributed by atoms with Crippen LogP contribution in [0.25, 0.3) is 0 Å². The molecule has 0 radical (unpaired) electrons. The Morgan fingerprint density at radius 2 is 2.07 bits per heavy atom. The third-order valence-electron chi connectivity index (χ3n) is 4.24. The van der Waals surface area contributed by atoms with Crippen molar-refractivity contribution in [1.82, 2.24) is 4.90 Å². The number of nitrogens with zero attached hydrogens (tertiary/aromatic N) is 1. The summed E-state index contributed by atoms with van der Waals surface area (Å²) in [5.74, 6) is -1.05. The van der Waals surface area contributed by atoms with Crippen LogP contribution in [-0.2, 0) is 9.53 Å². The zero-order valence-corrected chi connectivity index (χ0v) is 15.2. The summed E-state index contributed by atoms with van der Waals surface area (Å²) in [6.07, 6.45) is 0.513. The van der Waals surface area contributed by atoms with Gasteiger partial charge in [-0.25, -0.2) is 4.39 Å². The standard InChI is InChI=1S/C20H18ClFN2O3/c1-2-18(25)23-14-6-3-5-13(11-14)20(26)24-9-10-27-17(12-24)19-15(21)7-4-8-16(19)22/h2-8,11,17H,1,9-10,12H2,(H,23,25). The van der Waals surface area contributed by atoms with Crippen molar-refractivity contribution in [3.63, 3.8) is 0 Å². The highest BCUT2D eigenvalue weighted by Crippen LogP contribution is 2.31. The predicted octanol–water partition coefficient (Wildman–Crippen LogP) is 3.82. The molecular weight excluding hydrogens is 371 g/mol. The molecule has 1 aliphatic heterocycles. The number of morpholine rings is 1. The number of anilines is 1. The molecule has 1 atom stereocenters. The van der Waals surface area contributed by atoms with E-state index in [1.165, 1.54) is 12.1 Å². The molecule has 0 aliphatic carbocycles. The second kappa shape index (κ2) is 8.33. The lowest BCUT2D eigenvalue weighted by Gasteiger charge is -2.33. The molecule has 0 aromatic heterocycles. The Bertz CT molecular complexity index is 867. The maximum atomic E-state index is 14.2. The molecule has 0 spiro atoms. The van der Waals surface area contributed by atoms with Crippen LogP contribution in [0.4, 0.5) is 10.1 Å².